The summed E-state index contributed by atoms with van der Waals surface area (Å²) in [5.74, 6) is 0. The van der Waals surface area contributed by atoms with Gasteiger partial charge in [0.05, 0.1) is 0 Å². The van der Waals surface area contributed by atoms with Gasteiger partial charge in [0.1, 0.15) is 0 Å². The van der Waals surface area contributed by atoms with Crippen LogP contribution in [-0.2, 0) is 21.7 Å². The van der Waals surface area contributed by atoms with Gasteiger partial charge in [-0.25, -0.2) is 5.57 Å². The molecule has 3 heteroatoms. The third-order valence-corrected chi connectivity index (χ3v) is 3.95. The first-order valence-electron chi connectivity index (χ1n) is 8.85. The van der Waals surface area contributed by atoms with Gasteiger partial charge in [-0.3, -0.25) is 6.08 Å². The van der Waals surface area contributed by atoms with Gasteiger partial charge < -0.3 is 20.6 Å². The predicted octanol–water partition coefficient (Wildman–Crippen LogP) is 6.65. The van der Waals surface area contributed by atoms with E-state index in [0.717, 1.165) is 6.42 Å². The summed E-state index contributed by atoms with van der Waals surface area (Å²) in [7, 11) is 0. The molecule has 1 N–H and O–H groups in total. The van der Waals surface area contributed by atoms with Gasteiger partial charge in [0.2, 0.25) is 0 Å². The minimum Gasteiger partial charge on any atom is -0.673 e. The maximum Gasteiger partial charge on any atom is 4.00 e. The van der Waals surface area contributed by atoms with Crippen LogP contribution in [0.5, 0.6) is 0 Å². The molecule has 0 aromatic heterocycles. The molecule has 156 valence electrons. The second-order valence-electron chi connectivity index (χ2n) is 7.81. The molecule has 1 nitrogen and oxygen atoms in total. The van der Waals surface area contributed by atoms with E-state index in [4.69, 9.17) is 5.73 Å². The number of allylic oxidation sites excluding steroid dienone is 4. The summed E-state index contributed by atoms with van der Waals surface area (Å²) in [6.07, 6.45) is 4.40. The fourth-order valence-corrected chi connectivity index (χ4v) is 2.74. The number of hydrogen-bond donors (Lipinski definition) is 0. The summed E-state index contributed by atoms with van der Waals surface area (Å²) in [6, 6.07) is 17.6. The van der Waals surface area contributed by atoms with E-state index in [1.165, 1.54) is 39.0 Å². The van der Waals surface area contributed by atoms with Crippen LogP contribution in [0.15, 0.2) is 54.1 Å². The molecule has 0 aliphatic heterocycles. The molecule has 0 amide bonds. The van der Waals surface area contributed by atoms with Gasteiger partial charge in [-0.15, -0.1) is 17.5 Å². The number of aryl methyl sites for hydroxylation is 2. The molecule has 1 aliphatic rings. The van der Waals surface area contributed by atoms with Crippen molar-refractivity contribution >= 4 is 22.1 Å². The van der Waals surface area contributed by atoms with Crippen molar-refractivity contribution in [2.24, 2.45) is 0 Å². The Kier molecular flexibility index (Phi) is 15.6. The van der Waals surface area contributed by atoms with Gasteiger partial charge in [-0.2, -0.15) is 5.57 Å². The van der Waals surface area contributed by atoms with Crippen molar-refractivity contribution in [2.75, 3.05) is 0 Å². The number of nitrogens with one attached hydrogen (secondary N) is 1. The Hall–Kier alpha value is -1.19. The van der Waals surface area contributed by atoms with Gasteiger partial charge in [-0.1, -0.05) is 92.9 Å². The fourth-order valence-electron chi connectivity index (χ4n) is 2.74. The van der Waals surface area contributed by atoms with Crippen LogP contribution in [0.4, 0.5) is 0 Å². The molecule has 2 aromatic carbocycles. The van der Waals surface area contributed by atoms with Crippen LogP contribution in [0, 0.1) is 34.8 Å². The maximum atomic E-state index is 6.94. The molecule has 0 spiro atoms. The normalized spacial score (nSPS) is 12.2. The number of benzene rings is 2. The number of hydrogen-bond acceptors (Lipinski definition) is 0. The van der Waals surface area contributed by atoms with E-state index in [1.54, 1.807) is 0 Å². The average Bonchev–Trinajstić information content (AvgIpc) is 2.89. The van der Waals surface area contributed by atoms with Crippen LogP contribution < -0.4 is 0 Å². The Balaban J connectivity index is -0.000000679. The Morgan fingerprint density at radius 3 is 1.48 bits per heavy atom. The minimum absolute atomic E-state index is 0. The summed E-state index contributed by atoms with van der Waals surface area (Å²) in [4.78, 5) is 0. The molecule has 0 unspecified atom stereocenters. The van der Waals surface area contributed by atoms with Crippen molar-refractivity contribution in [3.8, 4) is 0 Å². The van der Waals surface area contributed by atoms with Crippen molar-refractivity contribution in [1.82, 2.24) is 0 Å². The van der Waals surface area contributed by atoms with Crippen molar-refractivity contribution in [3.63, 3.8) is 0 Å². The Bertz CT molecular complexity index is 773. The SMILES string of the molecule is CC(C)(C)[NH-].CC1=[C-]CC(c2ccc(C)cc2)=C1c1ccc(C)cc1.[CH3-].[CH3-].[SiH4].[Ti+4]. The minimum atomic E-state index is -0.250. The number of rotatable bonds is 2. The van der Waals surface area contributed by atoms with Crippen LogP contribution in [0.2, 0.25) is 0 Å². The van der Waals surface area contributed by atoms with E-state index < -0.39 is 0 Å². The molecule has 1 aliphatic carbocycles. The standard InChI is InChI=1S/C20H19.C4H10N.2CH3.H4Si.Ti/c1-14-4-9-17(10-5-14)19-13-8-16(3)20(19)18-11-6-15(2)7-12-18;1-4(2,3)5;;;;/h4-7,9-12H,13H2,1-3H3;5H,1-3H3;2*1H3;1H4;/q4*-1;;+4. The average molecular weight is 442 g/mol. The van der Waals surface area contributed by atoms with Crippen LogP contribution in [0.1, 0.15) is 56.4 Å². The first-order chi connectivity index (χ1) is 11.6. The molecule has 0 atom stereocenters. The smallest absolute Gasteiger partial charge is 0.673 e. The molecule has 29 heavy (non-hydrogen) atoms. The fraction of sp³-hybridized carbons (Fsp3) is 0.308. The quantitative estimate of drug-likeness (QED) is 0.368. The summed E-state index contributed by atoms with van der Waals surface area (Å²) < 4.78 is 0. The second-order valence-corrected chi connectivity index (χ2v) is 7.81. The van der Waals surface area contributed by atoms with Crippen molar-refractivity contribution < 1.29 is 21.7 Å². The van der Waals surface area contributed by atoms with Gasteiger partial charge in [-0.05, 0) is 30.4 Å². The van der Waals surface area contributed by atoms with E-state index in [0.29, 0.717) is 0 Å². The monoisotopic (exact) mass is 441 g/mol. The summed E-state index contributed by atoms with van der Waals surface area (Å²) in [5.41, 5.74) is 15.9. The molecule has 0 radical (unpaired) electrons. The van der Waals surface area contributed by atoms with Crippen molar-refractivity contribution in [3.05, 3.63) is 103 Å². The van der Waals surface area contributed by atoms with Crippen LogP contribution in [-0.4, -0.2) is 16.5 Å². The summed E-state index contributed by atoms with van der Waals surface area (Å²) >= 11 is 0. The van der Waals surface area contributed by atoms with E-state index in [9.17, 15) is 0 Å². The summed E-state index contributed by atoms with van der Waals surface area (Å²) in [6.45, 7) is 12.0. The molecule has 0 fully saturated rings. The Morgan fingerprint density at radius 1 is 0.759 bits per heavy atom. The van der Waals surface area contributed by atoms with Crippen LogP contribution in [0.3, 0.4) is 0 Å². The van der Waals surface area contributed by atoms with Crippen molar-refractivity contribution in [2.45, 2.75) is 53.5 Å². The zero-order valence-electron chi connectivity index (χ0n) is 18.8. The first-order valence-corrected chi connectivity index (χ1v) is 8.85. The Morgan fingerprint density at radius 2 is 1.10 bits per heavy atom. The zero-order chi connectivity index (χ0) is 18.6. The molecule has 0 heterocycles. The molecule has 0 saturated carbocycles. The topological polar surface area (TPSA) is 23.8 Å². The predicted molar refractivity (Wildman–Crippen MR) is 134 cm³/mol. The maximum absolute atomic E-state index is 6.94. The van der Waals surface area contributed by atoms with Crippen LogP contribution in [0.25, 0.3) is 16.9 Å². The molecular weight excluding hydrogens is 402 g/mol. The largest absolute Gasteiger partial charge is 4.00 e. The van der Waals surface area contributed by atoms with Gasteiger partial charge >= 0.3 is 21.7 Å². The molecule has 2 aromatic rings. The van der Waals surface area contributed by atoms with Gasteiger partial charge in [0.15, 0.2) is 0 Å². The Labute approximate surface area is 199 Å². The van der Waals surface area contributed by atoms with E-state index in [2.05, 4.69) is 75.4 Å². The molecule has 3 rings (SSSR count). The first kappa shape index (κ1) is 32.5. The van der Waals surface area contributed by atoms with Crippen molar-refractivity contribution in [1.29, 1.82) is 0 Å². The second kappa shape index (κ2) is 13.9. The van der Waals surface area contributed by atoms with Crippen LogP contribution >= 0.6 is 0 Å². The molecule has 0 bridgehead atoms. The van der Waals surface area contributed by atoms with Gasteiger partial charge in [0, 0.05) is 0 Å². The zero-order valence-corrected chi connectivity index (χ0v) is 20.4. The third kappa shape index (κ3) is 10.4. The summed E-state index contributed by atoms with van der Waals surface area (Å²) in [5, 5.41) is 0. The van der Waals surface area contributed by atoms with E-state index >= 15 is 0 Å². The van der Waals surface area contributed by atoms with Gasteiger partial charge in [0.25, 0.3) is 0 Å². The molecular formula is C26H39NSiTi. The van der Waals surface area contributed by atoms with E-state index in [-0.39, 0.29) is 53.1 Å². The molecule has 0 saturated heterocycles. The third-order valence-electron chi connectivity index (χ3n) is 3.95. The van der Waals surface area contributed by atoms with E-state index in [1.807, 2.05) is 20.8 Å².